The molecule has 1 atom stereocenters. The number of aromatic amines is 1. The van der Waals surface area contributed by atoms with E-state index in [9.17, 15) is 5.11 Å². The number of rotatable bonds is 4. The third-order valence-electron chi connectivity index (χ3n) is 3.75. The summed E-state index contributed by atoms with van der Waals surface area (Å²) < 4.78 is 0. The van der Waals surface area contributed by atoms with E-state index < -0.39 is 5.54 Å². The predicted molar refractivity (Wildman–Crippen MR) is 85.0 cm³/mol. The maximum Gasteiger partial charge on any atom is 0.0829 e. The SMILES string of the molecule is CC(CO)(Nc1cc2[nH]ncc2cc1N)c1ccccc1. The van der Waals surface area contributed by atoms with Crippen molar-refractivity contribution in [1.29, 1.82) is 0 Å². The van der Waals surface area contributed by atoms with Crippen LogP contribution in [0, 0.1) is 0 Å². The van der Waals surface area contributed by atoms with Crippen LogP contribution in [0.1, 0.15) is 12.5 Å². The summed E-state index contributed by atoms with van der Waals surface area (Å²) in [6, 6.07) is 13.6. The Labute approximate surface area is 122 Å². The van der Waals surface area contributed by atoms with Crippen LogP contribution in [0.2, 0.25) is 0 Å². The summed E-state index contributed by atoms with van der Waals surface area (Å²) in [6.45, 7) is 1.90. The number of hydrogen-bond acceptors (Lipinski definition) is 4. The molecule has 0 aliphatic rings. The van der Waals surface area contributed by atoms with Gasteiger partial charge in [0.15, 0.2) is 0 Å². The summed E-state index contributed by atoms with van der Waals surface area (Å²) in [6.07, 6.45) is 1.73. The molecule has 1 aromatic heterocycles. The maximum absolute atomic E-state index is 9.84. The molecule has 0 saturated heterocycles. The number of aromatic nitrogens is 2. The quantitative estimate of drug-likeness (QED) is 0.554. The van der Waals surface area contributed by atoms with E-state index in [-0.39, 0.29) is 6.61 Å². The largest absolute Gasteiger partial charge is 0.397 e. The molecule has 3 aromatic rings. The molecule has 0 bridgehead atoms. The first-order chi connectivity index (χ1) is 10.1. The molecule has 0 fully saturated rings. The second-order valence-corrected chi connectivity index (χ2v) is 5.38. The fraction of sp³-hybridized carbons (Fsp3) is 0.188. The van der Waals surface area contributed by atoms with Crippen LogP contribution in [0.4, 0.5) is 11.4 Å². The van der Waals surface area contributed by atoms with E-state index in [2.05, 4.69) is 15.5 Å². The first-order valence-corrected chi connectivity index (χ1v) is 6.79. The molecule has 0 radical (unpaired) electrons. The first kappa shape index (κ1) is 13.5. The topological polar surface area (TPSA) is 87.0 Å². The molecule has 0 saturated carbocycles. The average Bonchev–Trinajstić information content (AvgIpc) is 2.95. The molecule has 21 heavy (non-hydrogen) atoms. The Hall–Kier alpha value is -2.53. The summed E-state index contributed by atoms with van der Waals surface area (Å²) in [5.74, 6) is 0. The molecule has 3 rings (SSSR count). The number of hydrogen-bond donors (Lipinski definition) is 4. The lowest BCUT2D eigenvalue weighted by atomic mass is 9.92. The molecule has 1 heterocycles. The van der Waals surface area contributed by atoms with E-state index >= 15 is 0 Å². The zero-order valence-electron chi connectivity index (χ0n) is 11.8. The molecular formula is C16H18N4O. The number of nitrogens with zero attached hydrogens (tertiary/aromatic N) is 1. The highest BCUT2D eigenvalue weighted by atomic mass is 16.3. The van der Waals surface area contributed by atoms with Gasteiger partial charge in [0.2, 0.25) is 0 Å². The lowest BCUT2D eigenvalue weighted by Crippen LogP contribution is -2.36. The van der Waals surface area contributed by atoms with E-state index in [4.69, 9.17) is 5.73 Å². The lowest BCUT2D eigenvalue weighted by molar-refractivity contribution is 0.224. The van der Waals surface area contributed by atoms with Crippen LogP contribution in [0.5, 0.6) is 0 Å². The van der Waals surface area contributed by atoms with Gasteiger partial charge in [-0.2, -0.15) is 5.10 Å². The van der Waals surface area contributed by atoms with Crippen molar-refractivity contribution in [3.05, 3.63) is 54.2 Å². The lowest BCUT2D eigenvalue weighted by Gasteiger charge is -2.31. The highest BCUT2D eigenvalue weighted by molar-refractivity contribution is 5.88. The molecule has 5 heteroatoms. The molecule has 5 nitrogen and oxygen atoms in total. The summed E-state index contributed by atoms with van der Waals surface area (Å²) in [7, 11) is 0. The second kappa shape index (κ2) is 5.10. The van der Waals surface area contributed by atoms with Crippen LogP contribution < -0.4 is 11.1 Å². The highest BCUT2D eigenvalue weighted by Gasteiger charge is 2.26. The molecule has 0 aliphatic carbocycles. The normalized spacial score (nSPS) is 14.0. The number of aliphatic hydroxyl groups excluding tert-OH is 1. The van der Waals surface area contributed by atoms with Gasteiger partial charge in [0, 0.05) is 5.39 Å². The Morgan fingerprint density at radius 3 is 2.76 bits per heavy atom. The average molecular weight is 282 g/mol. The zero-order chi connectivity index (χ0) is 14.9. The molecular weight excluding hydrogens is 264 g/mol. The minimum atomic E-state index is -0.608. The minimum absolute atomic E-state index is 0.0442. The third kappa shape index (κ3) is 2.43. The number of nitrogen functional groups attached to an aromatic ring is 1. The zero-order valence-corrected chi connectivity index (χ0v) is 11.8. The maximum atomic E-state index is 9.84. The van der Waals surface area contributed by atoms with Crippen molar-refractivity contribution in [1.82, 2.24) is 10.2 Å². The fourth-order valence-electron chi connectivity index (χ4n) is 2.42. The van der Waals surface area contributed by atoms with Crippen molar-refractivity contribution >= 4 is 22.3 Å². The van der Waals surface area contributed by atoms with Crippen LogP contribution in [0.25, 0.3) is 10.9 Å². The van der Waals surface area contributed by atoms with Gasteiger partial charge in [-0.3, -0.25) is 5.10 Å². The summed E-state index contributed by atoms with van der Waals surface area (Å²) in [4.78, 5) is 0. The van der Waals surface area contributed by atoms with Crippen molar-refractivity contribution in [3.8, 4) is 0 Å². The van der Waals surface area contributed by atoms with Crippen molar-refractivity contribution < 1.29 is 5.11 Å². The molecule has 0 aliphatic heterocycles. The number of nitrogens with two attached hydrogens (primary N) is 1. The van der Waals surface area contributed by atoms with Gasteiger partial charge < -0.3 is 16.2 Å². The van der Waals surface area contributed by atoms with Crippen LogP contribution in [0.15, 0.2) is 48.7 Å². The summed E-state index contributed by atoms with van der Waals surface area (Å²) in [5, 5.41) is 21.1. The highest BCUT2D eigenvalue weighted by Crippen LogP contribution is 2.31. The summed E-state index contributed by atoms with van der Waals surface area (Å²) in [5.41, 5.74) is 8.79. The number of fused-ring (bicyclic) bond motifs is 1. The van der Waals surface area contributed by atoms with Gasteiger partial charge in [-0.1, -0.05) is 30.3 Å². The third-order valence-corrected chi connectivity index (χ3v) is 3.75. The molecule has 0 spiro atoms. The van der Waals surface area contributed by atoms with E-state index in [1.165, 1.54) is 0 Å². The first-order valence-electron chi connectivity index (χ1n) is 6.79. The van der Waals surface area contributed by atoms with Gasteiger partial charge >= 0.3 is 0 Å². The van der Waals surface area contributed by atoms with E-state index in [1.54, 1.807) is 6.20 Å². The smallest absolute Gasteiger partial charge is 0.0829 e. The Morgan fingerprint density at radius 2 is 2.05 bits per heavy atom. The Bertz CT molecular complexity index is 753. The van der Waals surface area contributed by atoms with Crippen molar-refractivity contribution in [2.24, 2.45) is 0 Å². The standard InChI is InChI=1S/C16H18N4O/c1-16(10-21,12-5-3-2-4-6-12)19-15-8-14-11(7-13(15)17)9-18-20-14/h2-9,19,21H,10,17H2,1H3,(H,18,20). The van der Waals surface area contributed by atoms with Gasteiger partial charge in [0.1, 0.15) is 0 Å². The monoisotopic (exact) mass is 282 g/mol. The Kier molecular flexibility index (Phi) is 3.27. The number of nitrogens with one attached hydrogen (secondary N) is 2. The van der Waals surface area contributed by atoms with E-state index in [0.717, 1.165) is 22.2 Å². The van der Waals surface area contributed by atoms with E-state index in [0.29, 0.717) is 5.69 Å². The van der Waals surface area contributed by atoms with Crippen molar-refractivity contribution in [2.75, 3.05) is 17.7 Å². The minimum Gasteiger partial charge on any atom is -0.397 e. The summed E-state index contributed by atoms with van der Waals surface area (Å²) >= 11 is 0. The number of aliphatic hydroxyl groups is 1. The van der Waals surface area contributed by atoms with Crippen molar-refractivity contribution in [2.45, 2.75) is 12.5 Å². The second-order valence-electron chi connectivity index (χ2n) is 5.38. The fourth-order valence-corrected chi connectivity index (χ4v) is 2.42. The van der Waals surface area contributed by atoms with Crippen LogP contribution in [-0.4, -0.2) is 21.9 Å². The molecule has 108 valence electrons. The van der Waals surface area contributed by atoms with Gasteiger partial charge in [-0.05, 0) is 24.6 Å². The van der Waals surface area contributed by atoms with Gasteiger partial charge in [0.05, 0.1) is 35.2 Å². The Balaban J connectivity index is 2.00. The van der Waals surface area contributed by atoms with E-state index in [1.807, 2.05) is 49.4 Å². The van der Waals surface area contributed by atoms with Crippen LogP contribution >= 0.6 is 0 Å². The number of H-pyrrole nitrogens is 1. The molecule has 2 aromatic carbocycles. The predicted octanol–water partition coefficient (Wildman–Crippen LogP) is 2.46. The molecule has 1 unspecified atom stereocenters. The van der Waals surface area contributed by atoms with Gasteiger partial charge in [-0.25, -0.2) is 0 Å². The van der Waals surface area contributed by atoms with Crippen LogP contribution in [0.3, 0.4) is 0 Å². The van der Waals surface area contributed by atoms with Gasteiger partial charge in [0.25, 0.3) is 0 Å². The number of anilines is 2. The molecule has 0 amide bonds. The Morgan fingerprint density at radius 1 is 1.29 bits per heavy atom. The van der Waals surface area contributed by atoms with Crippen LogP contribution in [-0.2, 0) is 5.54 Å². The molecule has 5 N–H and O–H groups in total. The van der Waals surface area contributed by atoms with Gasteiger partial charge in [-0.15, -0.1) is 0 Å². The van der Waals surface area contributed by atoms with Crippen molar-refractivity contribution in [3.63, 3.8) is 0 Å². The number of benzene rings is 2.